The smallest absolute Gasteiger partial charge is 0.305 e. The van der Waals surface area contributed by atoms with Crippen LogP contribution >= 0.6 is 21.6 Å². The Kier molecular flexibility index (Phi) is 14.3. The van der Waals surface area contributed by atoms with Gasteiger partial charge >= 0.3 is 5.97 Å². The zero-order valence-corrected chi connectivity index (χ0v) is 24.8. The van der Waals surface area contributed by atoms with Gasteiger partial charge in [-0.2, -0.15) is 0 Å². The first-order valence-corrected chi connectivity index (χ1v) is 16.3. The molecule has 41 heavy (non-hydrogen) atoms. The second kappa shape index (κ2) is 18.2. The molecule has 0 saturated carbocycles. The molecule has 6 N–H and O–H groups in total. The van der Waals surface area contributed by atoms with Gasteiger partial charge in [0.2, 0.25) is 11.8 Å². The topological polar surface area (TPSA) is 177 Å². The van der Waals surface area contributed by atoms with Crippen LogP contribution in [-0.2, 0) is 27.3 Å². The number of nitrogens with zero attached hydrogens (tertiary/aromatic N) is 4. The summed E-state index contributed by atoms with van der Waals surface area (Å²) in [5, 5.41) is 26.7. The zero-order valence-electron chi connectivity index (χ0n) is 23.2. The van der Waals surface area contributed by atoms with Crippen LogP contribution in [0.4, 0.5) is 0 Å². The summed E-state index contributed by atoms with van der Waals surface area (Å²) >= 11 is 0. The van der Waals surface area contributed by atoms with Crippen LogP contribution in [0.1, 0.15) is 62.2 Å². The summed E-state index contributed by atoms with van der Waals surface area (Å²) in [5.41, 5.74) is 7.35. The Morgan fingerprint density at radius 3 is 2.68 bits per heavy atom. The highest BCUT2D eigenvalue weighted by molar-refractivity contribution is 8.77. The number of nitrogens with two attached hydrogens (primary N) is 1. The fourth-order valence-corrected chi connectivity index (χ4v) is 7.28. The molecule has 3 rings (SSSR count). The standard InChI is InChI=1S/C27H40N8O4S2/c28-27(31-15-14-29-24(36)11-5-4-10-22-12-16-40-41-22)30-13-6-9-21-18-35(34-33-21)19-25(37)32-23(17-26(38)39)20-7-2-1-3-8-20/h1-3,7-8,18,22-23H,4-6,9-17,19H2,(H,29,36)(H,32,37)(H,38,39)(H3,28,30,31). The second-order valence-electron chi connectivity index (χ2n) is 9.76. The van der Waals surface area contributed by atoms with Crippen molar-refractivity contribution in [1.29, 1.82) is 0 Å². The van der Waals surface area contributed by atoms with E-state index in [0.717, 1.165) is 23.7 Å². The summed E-state index contributed by atoms with van der Waals surface area (Å²) in [7, 11) is 3.93. The van der Waals surface area contributed by atoms with Gasteiger partial charge in [0.25, 0.3) is 0 Å². The van der Waals surface area contributed by atoms with Crippen LogP contribution in [0.2, 0.25) is 0 Å². The summed E-state index contributed by atoms with van der Waals surface area (Å²) in [6.07, 6.45) is 7.83. The van der Waals surface area contributed by atoms with E-state index in [4.69, 9.17) is 5.73 Å². The molecule has 14 heteroatoms. The molecule has 1 aliphatic rings. The van der Waals surface area contributed by atoms with E-state index in [1.165, 1.54) is 23.3 Å². The summed E-state index contributed by atoms with van der Waals surface area (Å²) in [6, 6.07) is 8.36. The van der Waals surface area contributed by atoms with Gasteiger partial charge in [0, 0.05) is 43.3 Å². The molecular weight excluding hydrogens is 564 g/mol. The highest BCUT2D eigenvalue weighted by atomic mass is 33.1. The number of carboxylic acid groups (broad SMARTS) is 1. The Labute approximate surface area is 248 Å². The van der Waals surface area contributed by atoms with E-state index >= 15 is 0 Å². The average Bonchev–Trinajstić information content (AvgIpc) is 3.64. The number of hydrogen-bond acceptors (Lipinski definition) is 8. The molecule has 0 spiro atoms. The van der Waals surface area contributed by atoms with Gasteiger partial charge < -0.3 is 26.8 Å². The predicted molar refractivity (Wildman–Crippen MR) is 162 cm³/mol. The monoisotopic (exact) mass is 604 g/mol. The maximum Gasteiger partial charge on any atom is 0.305 e. The fraction of sp³-hybridized carbons (Fsp3) is 0.556. The van der Waals surface area contributed by atoms with Crippen molar-refractivity contribution in [2.75, 3.05) is 25.4 Å². The van der Waals surface area contributed by atoms with Crippen LogP contribution in [0.25, 0.3) is 0 Å². The number of unbranched alkanes of at least 4 members (excludes halogenated alkanes) is 1. The number of rotatable bonds is 18. The first-order valence-electron chi connectivity index (χ1n) is 13.9. The number of guanidine groups is 1. The van der Waals surface area contributed by atoms with Gasteiger partial charge in [-0.15, -0.1) is 5.10 Å². The summed E-state index contributed by atoms with van der Waals surface area (Å²) in [4.78, 5) is 40.0. The number of amides is 2. The molecule has 2 amide bonds. The number of aromatic nitrogens is 3. The van der Waals surface area contributed by atoms with Gasteiger partial charge in [-0.3, -0.25) is 19.4 Å². The number of hydrogen-bond donors (Lipinski definition) is 5. The zero-order chi connectivity index (χ0) is 29.3. The number of carbonyl (C=O) groups excluding carboxylic acids is 2. The third-order valence-electron chi connectivity index (χ3n) is 6.34. The van der Waals surface area contributed by atoms with Crippen LogP contribution < -0.4 is 21.7 Å². The first kappa shape index (κ1) is 32.3. The molecule has 1 saturated heterocycles. The third-order valence-corrected chi connectivity index (χ3v) is 9.35. The summed E-state index contributed by atoms with van der Waals surface area (Å²) in [5.74, 6) is 0.282. The lowest BCUT2D eigenvalue weighted by molar-refractivity contribution is -0.137. The number of carbonyl (C=O) groups is 3. The van der Waals surface area contributed by atoms with Crippen LogP contribution in [0, 0.1) is 0 Å². The molecule has 1 aromatic carbocycles. The summed E-state index contributed by atoms with van der Waals surface area (Å²) in [6.45, 7) is 1.42. The number of aliphatic carboxylic acids is 1. The Morgan fingerprint density at radius 2 is 1.93 bits per heavy atom. The van der Waals surface area contributed by atoms with Crippen LogP contribution in [-0.4, -0.2) is 74.5 Å². The van der Waals surface area contributed by atoms with E-state index in [9.17, 15) is 19.5 Å². The predicted octanol–water partition coefficient (Wildman–Crippen LogP) is 2.28. The van der Waals surface area contributed by atoms with E-state index in [2.05, 4.69) is 31.3 Å². The number of aliphatic imine (C=N–C) groups is 1. The van der Waals surface area contributed by atoms with Gasteiger partial charge in [-0.1, -0.05) is 63.6 Å². The maximum absolute atomic E-state index is 12.5. The van der Waals surface area contributed by atoms with Crippen molar-refractivity contribution >= 4 is 45.3 Å². The normalized spacial score (nSPS) is 15.8. The van der Waals surface area contributed by atoms with Crippen molar-refractivity contribution in [3.05, 3.63) is 47.8 Å². The van der Waals surface area contributed by atoms with Crippen molar-refractivity contribution in [3.8, 4) is 0 Å². The molecule has 2 atom stereocenters. The largest absolute Gasteiger partial charge is 0.481 e. The SMILES string of the molecule is NC(=NCCCc1cn(CC(=O)NC(CC(=O)O)c2ccccc2)nn1)NCCNC(=O)CCCCC1CCSS1. The molecule has 2 heterocycles. The molecule has 1 aliphatic heterocycles. The van der Waals surface area contributed by atoms with Gasteiger partial charge in [0.1, 0.15) is 6.54 Å². The number of benzene rings is 1. The Balaban J connectivity index is 1.25. The minimum absolute atomic E-state index is 0.0672. The van der Waals surface area contributed by atoms with E-state index < -0.39 is 12.0 Å². The number of nitrogens with one attached hydrogen (secondary N) is 3. The molecule has 1 fully saturated rings. The first-order chi connectivity index (χ1) is 19.9. The minimum atomic E-state index is -0.999. The van der Waals surface area contributed by atoms with E-state index in [-0.39, 0.29) is 24.8 Å². The van der Waals surface area contributed by atoms with Crippen molar-refractivity contribution in [2.45, 2.75) is 69.2 Å². The van der Waals surface area contributed by atoms with Gasteiger partial charge in [-0.25, -0.2) is 4.68 Å². The van der Waals surface area contributed by atoms with Crippen LogP contribution in [0.5, 0.6) is 0 Å². The molecule has 2 aromatic rings. The fourth-order valence-electron chi connectivity index (χ4n) is 4.25. The quantitative estimate of drug-likeness (QED) is 0.0734. The Bertz CT molecular complexity index is 1130. The van der Waals surface area contributed by atoms with Crippen molar-refractivity contribution in [1.82, 2.24) is 30.9 Å². The Hall–Kier alpha value is -3.26. The van der Waals surface area contributed by atoms with E-state index in [0.29, 0.717) is 50.6 Å². The summed E-state index contributed by atoms with van der Waals surface area (Å²) < 4.78 is 1.43. The second-order valence-corrected chi connectivity index (χ2v) is 12.5. The maximum atomic E-state index is 12.5. The van der Waals surface area contributed by atoms with Gasteiger partial charge in [0.05, 0.1) is 18.2 Å². The van der Waals surface area contributed by atoms with Crippen LogP contribution in [0.15, 0.2) is 41.5 Å². The lowest BCUT2D eigenvalue weighted by Gasteiger charge is -2.17. The lowest BCUT2D eigenvalue weighted by Crippen LogP contribution is -2.38. The molecule has 1 aromatic heterocycles. The van der Waals surface area contributed by atoms with Crippen molar-refractivity contribution < 1.29 is 19.5 Å². The minimum Gasteiger partial charge on any atom is -0.481 e. The Morgan fingerprint density at radius 1 is 1.12 bits per heavy atom. The van der Waals surface area contributed by atoms with Crippen molar-refractivity contribution in [2.24, 2.45) is 10.7 Å². The van der Waals surface area contributed by atoms with Crippen molar-refractivity contribution in [3.63, 3.8) is 0 Å². The van der Waals surface area contributed by atoms with Gasteiger partial charge in [0.15, 0.2) is 5.96 Å². The van der Waals surface area contributed by atoms with E-state index in [1.54, 1.807) is 30.5 Å². The average molecular weight is 605 g/mol. The number of carboxylic acids is 1. The van der Waals surface area contributed by atoms with Gasteiger partial charge in [-0.05, 0) is 37.7 Å². The van der Waals surface area contributed by atoms with E-state index in [1.807, 2.05) is 27.7 Å². The molecule has 0 bridgehead atoms. The highest BCUT2D eigenvalue weighted by Gasteiger charge is 2.19. The highest BCUT2D eigenvalue weighted by Crippen LogP contribution is 2.39. The molecular formula is C27H40N8O4S2. The third kappa shape index (κ3) is 13.3. The molecule has 0 radical (unpaired) electrons. The molecule has 12 nitrogen and oxygen atoms in total. The van der Waals surface area contributed by atoms with Crippen LogP contribution in [0.3, 0.4) is 0 Å². The lowest BCUT2D eigenvalue weighted by atomic mass is 10.0. The molecule has 224 valence electrons. The molecule has 0 aliphatic carbocycles. The number of aryl methyl sites for hydroxylation is 1. The molecule has 2 unspecified atom stereocenters.